The molecule has 0 N–H and O–H groups in total. The number of Topliss-reactive ketones (excluding diaryl/α,β-unsaturated/α-hetero) is 1. The number of oxime groups is 1. The van der Waals surface area contributed by atoms with Crippen LogP contribution in [0, 0.1) is 10.1 Å². The van der Waals surface area contributed by atoms with Crippen LogP contribution in [0.2, 0.25) is 0 Å². The predicted molar refractivity (Wildman–Crippen MR) is 88.5 cm³/mol. The largest absolute Gasteiger partial charge is 0.496 e. The van der Waals surface area contributed by atoms with Crippen LogP contribution >= 0.6 is 0 Å². The molecule has 0 saturated heterocycles. The third-order valence-corrected chi connectivity index (χ3v) is 3.31. The number of carbonyl (C=O) groups is 1. The summed E-state index contributed by atoms with van der Waals surface area (Å²) in [6.07, 6.45) is 1.28. The summed E-state index contributed by atoms with van der Waals surface area (Å²) in [7, 11) is 1.52. The fourth-order valence-corrected chi connectivity index (χ4v) is 2.07. The molecule has 2 aromatic rings. The van der Waals surface area contributed by atoms with Crippen molar-refractivity contribution in [3.63, 3.8) is 0 Å². The maximum Gasteiger partial charge on any atom is 0.278 e. The van der Waals surface area contributed by atoms with Gasteiger partial charge in [0.1, 0.15) is 12.4 Å². The average molecular weight is 328 g/mol. The zero-order valence-corrected chi connectivity index (χ0v) is 13.3. The minimum absolute atomic E-state index is 0.0546. The van der Waals surface area contributed by atoms with Crippen molar-refractivity contribution in [1.82, 2.24) is 0 Å². The Hall–Kier alpha value is -3.22. The number of hydrogen-bond donors (Lipinski definition) is 0. The Morgan fingerprint density at radius 3 is 2.71 bits per heavy atom. The Balaban J connectivity index is 2.10. The smallest absolute Gasteiger partial charge is 0.278 e. The van der Waals surface area contributed by atoms with Crippen LogP contribution in [0.25, 0.3) is 0 Å². The lowest BCUT2D eigenvalue weighted by Gasteiger charge is -2.08. The number of para-hydroxylation sites is 1. The van der Waals surface area contributed by atoms with Gasteiger partial charge in [-0.1, -0.05) is 17.3 Å². The van der Waals surface area contributed by atoms with E-state index in [2.05, 4.69) is 5.16 Å². The Morgan fingerprint density at radius 1 is 1.29 bits per heavy atom. The predicted octanol–water partition coefficient (Wildman–Crippen LogP) is 3.36. The highest BCUT2D eigenvalue weighted by Gasteiger charge is 2.10. The van der Waals surface area contributed by atoms with E-state index in [1.807, 2.05) is 0 Å². The fourth-order valence-electron chi connectivity index (χ4n) is 2.07. The number of methoxy groups -OCH3 is 1. The average Bonchev–Trinajstić information content (AvgIpc) is 2.58. The lowest BCUT2D eigenvalue weighted by Crippen LogP contribution is -1.99. The summed E-state index contributed by atoms with van der Waals surface area (Å²) in [5, 5.41) is 14.7. The third kappa shape index (κ3) is 4.16. The number of rotatable bonds is 7. The first-order chi connectivity index (χ1) is 11.5. The van der Waals surface area contributed by atoms with Crippen LogP contribution in [0.4, 0.5) is 5.69 Å². The molecule has 124 valence electrons. The second-order valence-corrected chi connectivity index (χ2v) is 4.91. The minimum Gasteiger partial charge on any atom is -0.496 e. The summed E-state index contributed by atoms with van der Waals surface area (Å²) >= 11 is 0. The molecule has 0 saturated carbocycles. The van der Waals surface area contributed by atoms with Gasteiger partial charge in [-0.25, -0.2) is 0 Å². The van der Waals surface area contributed by atoms with Crippen molar-refractivity contribution >= 4 is 17.7 Å². The number of nitro benzene ring substituents is 1. The Labute approximate surface area is 138 Å². The summed E-state index contributed by atoms with van der Waals surface area (Å²) < 4.78 is 5.21. The normalized spacial score (nSPS) is 10.6. The molecular weight excluding hydrogens is 312 g/mol. The molecule has 0 unspecified atom stereocenters. The number of carbonyl (C=O) groups excluding carboxylic acids is 1. The van der Waals surface area contributed by atoms with E-state index in [-0.39, 0.29) is 18.1 Å². The molecule has 2 aromatic carbocycles. The number of ether oxygens (including phenoxy) is 1. The second kappa shape index (κ2) is 7.87. The van der Waals surface area contributed by atoms with Crippen molar-refractivity contribution in [3.8, 4) is 5.75 Å². The van der Waals surface area contributed by atoms with Gasteiger partial charge in [0.2, 0.25) is 0 Å². The standard InChI is InChI=1S/C17H16N2O5/c1-12(20)13-7-8-17(23-2)15(9-13)11-24-18-10-14-5-3-4-6-16(14)19(21)22/h3-10H,11H2,1-2H3. The number of nitro groups is 1. The Bertz CT molecular complexity index is 786. The van der Waals surface area contributed by atoms with E-state index in [0.717, 1.165) is 0 Å². The van der Waals surface area contributed by atoms with Crippen LogP contribution in [-0.4, -0.2) is 24.0 Å². The van der Waals surface area contributed by atoms with E-state index in [1.54, 1.807) is 36.4 Å². The van der Waals surface area contributed by atoms with Gasteiger partial charge >= 0.3 is 0 Å². The molecule has 7 nitrogen and oxygen atoms in total. The maximum absolute atomic E-state index is 11.4. The van der Waals surface area contributed by atoms with Gasteiger partial charge in [-0.05, 0) is 31.2 Å². The second-order valence-electron chi connectivity index (χ2n) is 4.91. The van der Waals surface area contributed by atoms with E-state index >= 15 is 0 Å². The van der Waals surface area contributed by atoms with Gasteiger partial charge in [-0.3, -0.25) is 14.9 Å². The third-order valence-electron chi connectivity index (χ3n) is 3.31. The molecule has 0 fully saturated rings. The molecule has 0 heterocycles. The Kier molecular flexibility index (Phi) is 5.62. The van der Waals surface area contributed by atoms with Crippen molar-refractivity contribution in [2.24, 2.45) is 5.16 Å². The van der Waals surface area contributed by atoms with Crippen molar-refractivity contribution in [2.75, 3.05) is 7.11 Å². The summed E-state index contributed by atoms with van der Waals surface area (Å²) in [4.78, 5) is 27.1. The molecule has 24 heavy (non-hydrogen) atoms. The molecule has 0 bridgehead atoms. The maximum atomic E-state index is 11.4. The zero-order valence-electron chi connectivity index (χ0n) is 13.3. The quantitative estimate of drug-likeness (QED) is 0.336. The number of hydrogen-bond acceptors (Lipinski definition) is 6. The molecule has 0 spiro atoms. The first kappa shape index (κ1) is 17.1. The monoisotopic (exact) mass is 328 g/mol. The summed E-state index contributed by atoms with van der Waals surface area (Å²) in [6.45, 7) is 1.54. The van der Waals surface area contributed by atoms with E-state index in [1.165, 1.54) is 26.3 Å². The zero-order chi connectivity index (χ0) is 17.5. The van der Waals surface area contributed by atoms with Crippen molar-refractivity contribution in [2.45, 2.75) is 13.5 Å². The van der Waals surface area contributed by atoms with Gasteiger partial charge in [0.15, 0.2) is 5.78 Å². The summed E-state index contributed by atoms with van der Waals surface area (Å²) in [5.74, 6) is 0.503. The molecule has 7 heteroatoms. The van der Waals surface area contributed by atoms with Crippen LogP contribution in [0.5, 0.6) is 5.75 Å². The number of ketones is 1. The van der Waals surface area contributed by atoms with Crippen LogP contribution in [-0.2, 0) is 11.4 Å². The topological polar surface area (TPSA) is 91.0 Å². The summed E-state index contributed by atoms with van der Waals surface area (Å²) in [5.41, 5.74) is 1.48. The first-order valence-electron chi connectivity index (χ1n) is 7.09. The van der Waals surface area contributed by atoms with Gasteiger partial charge in [0.05, 0.1) is 23.8 Å². The first-order valence-corrected chi connectivity index (χ1v) is 7.09. The van der Waals surface area contributed by atoms with Gasteiger partial charge in [-0.15, -0.1) is 0 Å². The molecule has 0 atom stereocenters. The van der Waals surface area contributed by atoms with Crippen LogP contribution in [0.15, 0.2) is 47.6 Å². The van der Waals surface area contributed by atoms with Crippen molar-refractivity contribution in [1.29, 1.82) is 0 Å². The van der Waals surface area contributed by atoms with E-state index in [9.17, 15) is 14.9 Å². The number of benzene rings is 2. The SMILES string of the molecule is COc1ccc(C(C)=O)cc1CON=Cc1ccccc1[N+](=O)[O-]. The van der Waals surface area contributed by atoms with E-state index in [4.69, 9.17) is 9.57 Å². The highest BCUT2D eigenvalue weighted by Crippen LogP contribution is 2.21. The van der Waals surface area contributed by atoms with Gasteiger partial charge in [0.25, 0.3) is 5.69 Å². The number of nitrogens with zero attached hydrogens (tertiary/aromatic N) is 2. The molecular formula is C17H16N2O5. The Morgan fingerprint density at radius 2 is 2.04 bits per heavy atom. The highest BCUT2D eigenvalue weighted by atomic mass is 16.6. The molecule has 0 aliphatic carbocycles. The van der Waals surface area contributed by atoms with Crippen molar-refractivity contribution < 1.29 is 19.3 Å². The van der Waals surface area contributed by atoms with E-state index in [0.29, 0.717) is 22.4 Å². The molecule has 0 aliphatic rings. The lowest BCUT2D eigenvalue weighted by atomic mass is 10.1. The molecule has 0 aromatic heterocycles. The van der Waals surface area contributed by atoms with Crippen LogP contribution < -0.4 is 4.74 Å². The summed E-state index contributed by atoms with van der Waals surface area (Å²) in [6, 6.07) is 11.2. The highest BCUT2D eigenvalue weighted by molar-refractivity contribution is 5.94. The van der Waals surface area contributed by atoms with Gasteiger partial charge in [-0.2, -0.15) is 0 Å². The van der Waals surface area contributed by atoms with Crippen molar-refractivity contribution in [3.05, 3.63) is 69.3 Å². The molecule has 0 radical (unpaired) electrons. The van der Waals surface area contributed by atoms with Crippen LogP contribution in [0.1, 0.15) is 28.4 Å². The van der Waals surface area contributed by atoms with E-state index < -0.39 is 4.92 Å². The van der Waals surface area contributed by atoms with Gasteiger partial charge in [0, 0.05) is 17.2 Å². The molecule has 2 rings (SSSR count). The van der Waals surface area contributed by atoms with Crippen LogP contribution in [0.3, 0.4) is 0 Å². The molecule has 0 amide bonds. The minimum atomic E-state index is -0.485. The molecule has 0 aliphatic heterocycles. The lowest BCUT2D eigenvalue weighted by molar-refractivity contribution is -0.385. The van der Waals surface area contributed by atoms with Gasteiger partial charge < -0.3 is 9.57 Å². The fraction of sp³-hybridized carbons (Fsp3) is 0.176.